The summed E-state index contributed by atoms with van der Waals surface area (Å²) in [4.78, 5) is 35.6. The van der Waals surface area contributed by atoms with Gasteiger partial charge in [-0.2, -0.15) is 0 Å². The molecule has 1 aliphatic rings. The molecule has 0 spiro atoms. The van der Waals surface area contributed by atoms with Crippen LogP contribution in [0.2, 0.25) is 0 Å². The highest BCUT2D eigenvalue weighted by atomic mass is 31.2. The number of ether oxygens (including phenoxy) is 2. The highest BCUT2D eigenvalue weighted by Crippen LogP contribution is 2.47. The number of carbonyl (C=O) groups excluding carboxylic acids is 2. The Morgan fingerprint density at radius 2 is 0.895 bits per heavy atom. The van der Waals surface area contributed by atoms with E-state index in [9.17, 15) is 44.6 Å². The zero-order valence-corrected chi connectivity index (χ0v) is 36.0. The average Bonchev–Trinajstić information content (AvgIpc) is 3.19. The number of rotatable bonds is 36. The first-order valence-corrected chi connectivity index (χ1v) is 23.6. The van der Waals surface area contributed by atoms with E-state index in [4.69, 9.17) is 18.5 Å². The maximum Gasteiger partial charge on any atom is 0.472 e. The van der Waals surface area contributed by atoms with E-state index < -0.39 is 75.7 Å². The molecule has 1 fully saturated rings. The minimum Gasteiger partial charge on any atom is -0.462 e. The van der Waals surface area contributed by atoms with E-state index in [1.165, 1.54) is 89.9 Å². The third-order valence-corrected chi connectivity index (χ3v) is 11.3. The Kier molecular flexibility index (Phi) is 31.9. The number of phosphoric ester groups is 1. The van der Waals surface area contributed by atoms with E-state index in [-0.39, 0.29) is 12.8 Å². The van der Waals surface area contributed by atoms with Crippen molar-refractivity contribution in [1.29, 1.82) is 0 Å². The molecule has 0 amide bonds. The van der Waals surface area contributed by atoms with Crippen LogP contribution in [0.5, 0.6) is 0 Å². The van der Waals surface area contributed by atoms with Crippen molar-refractivity contribution < 1.29 is 63.1 Å². The fourth-order valence-corrected chi connectivity index (χ4v) is 7.60. The van der Waals surface area contributed by atoms with Gasteiger partial charge in [-0.1, -0.05) is 128 Å². The zero-order valence-electron chi connectivity index (χ0n) is 35.1. The van der Waals surface area contributed by atoms with Crippen molar-refractivity contribution in [2.45, 2.75) is 224 Å². The topological polar surface area (TPSA) is 210 Å². The summed E-state index contributed by atoms with van der Waals surface area (Å²) in [5, 5.41) is 50.0. The Labute approximate surface area is 343 Å². The lowest BCUT2D eigenvalue weighted by molar-refractivity contribution is -0.220. The molecule has 334 valence electrons. The van der Waals surface area contributed by atoms with Crippen molar-refractivity contribution in [3.05, 3.63) is 24.3 Å². The molecule has 0 aromatic carbocycles. The smallest absolute Gasteiger partial charge is 0.462 e. The van der Waals surface area contributed by atoms with Gasteiger partial charge < -0.3 is 39.9 Å². The van der Waals surface area contributed by atoms with Gasteiger partial charge in [-0.15, -0.1) is 0 Å². The molecule has 6 unspecified atom stereocenters. The van der Waals surface area contributed by atoms with Crippen molar-refractivity contribution in [3.8, 4) is 0 Å². The Balaban J connectivity index is 2.50. The molecule has 0 heterocycles. The molecule has 0 bridgehead atoms. The van der Waals surface area contributed by atoms with Crippen LogP contribution in [0.1, 0.15) is 181 Å². The molecule has 57 heavy (non-hydrogen) atoms. The molecule has 0 saturated heterocycles. The Bertz CT molecular complexity index is 1100. The summed E-state index contributed by atoms with van der Waals surface area (Å²) in [6.07, 6.45) is 22.4. The van der Waals surface area contributed by atoms with Crippen LogP contribution in [0.4, 0.5) is 0 Å². The van der Waals surface area contributed by atoms with Crippen LogP contribution in [0.15, 0.2) is 24.3 Å². The zero-order chi connectivity index (χ0) is 42.2. The SMILES string of the molecule is CCCCCCCC/C=C/CCCCCC(=O)O[C@@H](COC(=O)CCCCC/C=C/CCCCCCCCCC)COP(=O)(O)OC1C(O)C(O)C(O)[C@H](O)C1O. The number of unbranched alkanes of at least 4 members (excludes halogenated alkanes) is 20. The fraction of sp³-hybridized carbons (Fsp3) is 0.860. The lowest BCUT2D eigenvalue weighted by atomic mass is 9.85. The second-order valence-corrected chi connectivity index (χ2v) is 16.9. The van der Waals surface area contributed by atoms with Crippen molar-refractivity contribution in [2.24, 2.45) is 0 Å². The third kappa shape index (κ3) is 26.9. The summed E-state index contributed by atoms with van der Waals surface area (Å²) < 4.78 is 33.4. The van der Waals surface area contributed by atoms with Gasteiger partial charge in [-0.25, -0.2) is 4.57 Å². The Morgan fingerprint density at radius 3 is 1.33 bits per heavy atom. The highest BCUT2D eigenvalue weighted by Gasteiger charge is 2.51. The maximum absolute atomic E-state index is 12.8. The van der Waals surface area contributed by atoms with Crippen LogP contribution in [-0.4, -0.2) is 98.3 Å². The number of hydrogen-bond acceptors (Lipinski definition) is 12. The fourth-order valence-electron chi connectivity index (χ4n) is 6.63. The van der Waals surface area contributed by atoms with E-state index in [1.807, 2.05) is 0 Å². The lowest BCUT2D eigenvalue weighted by Gasteiger charge is -2.41. The summed E-state index contributed by atoms with van der Waals surface area (Å²) in [6, 6.07) is 0. The average molecular weight is 835 g/mol. The van der Waals surface area contributed by atoms with Crippen LogP contribution >= 0.6 is 7.82 Å². The molecule has 13 nitrogen and oxygen atoms in total. The minimum absolute atomic E-state index is 0.0747. The number of hydrogen-bond donors (Lipinski definition) is 6. The standard InChI is InChI=1S/C43H79O13P/c1-3-5-7-9-11-13-15-17-18-20-21-23-25-27-29-31-36(44)53-33-35(34-54-57(51,52)56-43-41(49)39(47)38(46)40(48)42(43)50)55-37(45)32-30-28-26-24-22-19-16-14-12-10-8-6-4-2/h19-22,35,38-43,46-50H,3-18,23-34H2,1-2H3,(H,51,52)/b21-20+,22-19+/t35-,38?,39-,40?,41?,42?,43?/m0/s1. The largest absolute Gasteiger partial charge is 0.472 e. The normalized spacial score (nSPS) is 22.9. The molecule has 0 aromatic rings. The number of aliphatic hydroxyl groups excluding tert-OH is 5. The molecular weight excluding hydrogens is 755 g/mol. The summed E-state index contributed by atoms with van der Waals surface area (Å²) in [5.41, 5.74) is 0. The first-order valence-electron chi connectivity index (χ1n) is 22.1. The molecule has 0 radical (unpaired) electrons. The summed E-state index contributed by atoms with van der Waals surface area (Å²) in [5.74, 6) is -1.13. The summed E-state index contributed by atoms with van der Waals surface area (Å²) >= 11 is 0. The highest BCUT2D eigenvalue weighted by molar-refractivity contribution is 7.47. The van der Waals surface area contributed by atoms with Gasteiger partial charge in [-0.05, 0) is 64.2 Å². The Hall–Kier alpha value is -1.67. The van der Waals surface area contributed by atoms with Crippen molar-refractivity contribution in [2.75, 3.05) is 13.2 Å². The maximum atomic E-state index is 12.8. The van der Waals surface area contributed by atoms with Gasteiger partial charge in [0.2, 0.25) is 0 Å². The van der Waals surface area contributed by atoms with Crippen LogP contribution in [0, 0.1) is 0 Å². The first-order chi connectivity index (χ1) is 27.4. The minimum atomic E-state index is -5.12. The van der Waals surface area contributed by atoms with Crippen molar-refractivity contribution in [1.82, 2.24) is 0 Å². The molecule has 8 atom stereocenters. The molecule has 6 N–H and O–H groups in total. The first kappa shape index (κ1) is 53.3. The Morgan fingerprint density at radius 1 is 0.526 bits per heavy atom. The summed E-state index contributed by atoms with van der Waals surface area (Å²) in [7, 11) is -5.12. The third-order valence-electron chi connectivity index (χ3n) is 10.3. The van der Waals surface area contributed by atoms with Gasteiger partial charge in [-0.3, -0.25) is 18.6 Å². The van der Waals surface area contributed by atoms with E-state index in [2.05, 4.69) is 38.2 Å². The number of allylic oxidation sites excluding steroid dienone is 4. The predicted molar refractivity (Wildman–Crippen MR) is 221 cm³/mol. The number of aliphatic hydroxyl groups is 5. The molecule has 1 saturated carbocycles. The summed E-state index contributed by atoms with van der Waals surface area (Å²) in [6.45, 7) is 3.25. The molecule has 0 aliphatic heterocycles. The molecule has 0 aromatic heterocycles. The van der Waals surface area contributed by atoms with E-state index in [0.29, 0.717) is 12.8 Å². The van der Waals surface area contributed by atoms with Crippen LogP contribution in [-0.2, 0) is 32.7 Å². The van der Waals surface area contributed by atoms with Gasteiger partial charge in [0.05, 0.1) is 6.61 Å². The van der Waals surface area contributed by atoms with Crippen molar-refractivity contribution >= 4 is 19.8 Å². The second kappa shape index (κ2) is 34.1. The molecular formula is C43H79O13P. The quantitative estimate of drug-likeness (QED) is 0.0153. The van der Waals surface area contributed by atoms with Gasteiger partial charge in [0.25, 0.3) is 0 Å². The van der Waals surface area contributed by atoms with Crippen LogP contribution < -0.4 is 0 Å². The number of esters is 2. The van der Waals surface area contributed by atoms with E-state index in [0.717, 1.165) is 51.4 Å². The number of carbonyl (C=O) groups is 2. The molecule has 1 rings (SSSR count). The van der Waals surface area contributed by atoms with Gasteiger partial charge >= 0.3 is 19.8 Å². The van der Waals surface area contributed by atoms with E-state index >= 15 is 0 Å². The van der Waals surface area contributed by atoms with Crippen molar-refractivity contribution in [3.63, 3.8) is 0 Å². The predicted octanol–water partition coefficient (Wildman–Crippen LogP) is 8.06. The van der Waals surface area contributed by atoms with Gasteiger partial charge in [0, 0.05) is 12.8 Å². The van der Waals surface area contributed by atoms with E-state index in [1.54, 1.807) is 0 Å². The van der Waals surface area contributed by atoms with Gasteiger partial charge in [0.1, 0.15) is 43.2 Å². The molecule has 1 aliphatic carbocycles. The lowest BCUT2D eigenvalue weighted by Crippen LogP contribution is -2.64. The second-order valence-electron chi connectivity index (χ2n) is 15.5. The monoisotopic (exact) mass is 835 g/mol. The van der Waals surface area contributed by atoms with Crippen LogP contribution in [0.3, 0.4) is 0 Å². The molecule has 14 heteroatoms. The van der Waals surface area contributed by atoms with Gasteiger partial charge in [0.15, 0.2) is 6.10 Å². The van der Waals surface area contributed by atoms with Crippen LogP contribution in [0.25, 0.3) is 0 Å². The number of phosphoric acid groups is 1.